The van der Waals surface area contributed by atoms with Gasteiger partial charge in [0.15, 0.2) is 6.29 Å². The van der Waals surface area contributed by atoms with Crippen LogP contribution in [0.25, 0.3) is 0 Å². The van der Waals surface area contributed by atoms with Crippen LogP contribution in [0.4, 0.5) is 0 Å². The van der Waals surface area contributed by atoms with Crippen molar-refractivity contribution in [1.29, 1.82) is 0 Å². The smallest absolute Gasteiger partial charge is 0.171 e. The highest BCUT2D eigenvalue weighted by molar-refractivity contribution is 5.76. The second kappa shape index (κ2) is 4.28. The van der Waals surface area contributed by atoms with Gasteiger partial charge in [0.2, 0.25) is 0 Å². The predicted molar refractivity (Wildman–Crippen MR) is 54.4 cm³/mol. The number of rotatable bonds is 2. The van der Waals surface area contributed by atoms with Crippen LogP contribution in [0.5, 0.6) is 0 Å². The van der Waals surface area contributed by atoms with Gasteiger partial charge in [0.05, 0.1) is 5.56 Å². The SMILES string of the molecule is C#Cc1cn(C2CCCCO2)nc1C=O. The summed E-state index contributed by atoms with van der Waals surface area (Å²) >= 11 is 0. The molecule has 0 amide bonds. The molecule has 15 heavy (non-hydrogen) atoms. The van der Waals surface area contributed by atoms with Crippen LogP contribution in [-0.2, 0) is 4.74 Å². The lowest BCUT2D eigenvalue weighted by atomic mass is 10.2. The van der Waals surface area contributed by atoms with E-state index in [4.69, 9.17) is 11.2 Å². The number of carbonyl (C=O) groups excluding carboxylic acids is 1. The molecule has 2 rings (SSSR count). The summed E-state index contributed by atoms with van der Waals surface area (Å²) in [6.45, 7) is 0.742. The van der Waals surface area contributed by atoms with E-state index >= 15 is 0 Å². The van der Waals surface area contributed by atoms with Crippen molar-refractivity contribution in [3.63, 3.8) is 0 Å². The summed E-state index contributed by atoms with van der Waals surface area (Å²) in [4.78, 5) is 10.7. The van der Waals surface area contributed by atoms with Gasteiger partial charge in [0.1, 0.15) is 11.9 Å². The Balaban J connectivity index is 2.24. The lowest BCUT2D eigenvalue weighted by Gasteiger charge is -2.22. The molecule has 4 heteroatoms. The van der Waals surface area contributed by atoms with E-state index in [1.54, 1.807) is 10.9 Å². The number of ether oxygens (including phenoxy) is 1. The zero-order valence-corrected chi connectivity index (χ0v) is 8.35. The van der Waals surface area contributed by atoms with Crippen LogP contribution < -0.4 is 0 Å². The highest BCUT2D eigenvalue weighted by atomic mass is 16.5. The molecular formula is C11H12N2O2. The molecule has 0 aromatic carbocycles. The molecule has 1 aromatic rings. The fraction of sp³-hybridized carbons (Fsp3) is 0.455. The van der Waals surface area contributed by atoms with Crippen molar-refractivity contribution in [3.05, 3.63) is 17.5 Å². The molecule has 1 unspecified atom stereocenters. The number of aromatic nitrogens is 2. The lowest BCUT2D eigenvalue weighted by Crippen LogP contribution is -2.18. The molecule has 2 heterocycles. The average molecular weight is 204 g/mol. The van der Waals surface area contributed by atoms with E-state index in [9.17, 15) is 4.79 Å². The second-order valence-electron chi connectivity index (χ2n) is 3.49. The minimum absolute atomic E-state index is 0.0699. The topological polar surface area (TPSA) is 44.1 Å². The van der Waals surface area contributed by atoms with Gasteiger partial charge in [-0.2, -0.15) is 5.10 Å². The average Bonchev–Trinajstić information content (AvgIpc) is 2.73. The lowest BCUT2D eigenvalue weighted by molar-refractivity contribution is -0.0395. The first-order chi connectivity index (χ1) is 7.35. The molecule has 1 aliphatic rings. The Bertz CT molecular complexity index is 397. The Labute approximate surface area is 88.2 Å². The van der Waals surface area contributed by atoms with Crippen molar-refractivity contribution in [1.82, 2.24) is 9.78 Å². The van der Waals surface area contributed by atoms with Gasteiger partial charge in [-0.3, -0.25) is 4.79 Å². The van der Waals surface area contributed by atoms with Crippen molar-refractivity contribution in [2.24, 2.45) is 0 Å². The first-order valence-electron chi connectivity index (χ1n) is 4.97. The van der Waals surface area contributed by atoms with E-state index in [0.29, 0.717) is 17.5 Å². The predicted octanol–water partition coefficient (Wildman–Crippen LogP) is 1.38. The number of terminal acetylenes is 1. The quantitative estimate of drug-likeness (QED) is 0.540. The van der Waals surface area contributed by atoms with Crippen molar-refractivity contribution in [3.8, 4) is 12.3 Å². The Hall–Kier alpha value is -1.60. The van der Waals surface area contributed by atoms with E-state index in [0.717, 1.165) is 25.9 Å². The van der Waals surface area contributed by atoms with Crippen molar-refractivity contribution < 1.29 is 9.53 Å². The molecule has 1 saturated heterocycles. The maximum atomic E-state index is 10.7. The van der Waals surface area contributed by atoms with Gasteiger partial charge in [-0.15, -0.1) is 6.42 Å². The van der Waals surface area contributed by atoms with E-state index in [1.165, 1.54) is 0 Å². The van der Waals surface area contributed by atoms with Crippen LogP contribution in [0.2, 0.25) is 0 Å². The summed E-state index contributed by atoms with van der Waals surface area (Å²) in [5.74, 6) is 2.44. The Kier molecular flexibility index (Phi) is 2.84. The Morgan fingerprint density at radius 1 is 1.67 bits per heavy atom. The van der Waals surface area contributed by atoms with Gasteiger partial charge < -0.3 is 4.74 Å². The van der Waals surface area contributed by atoms with Gasteiger partial charge in [-0.1, -0.05) is 5.92 Å². The molecule has 1 fully saturated rings. The number of nitrogens with zero attached hydrogens (tertiary/aromatic N) is 2. The molecule has 78 valence electrons. The van der Waals surface area contributed by atoms with E-state index < -0.39 is 0 Å². The van der Waals surface area contributed by atoms with Crippen LogP contribution in [-0.4, -0.2) is 22.7 Å². The molecule has 0 aliphatic carbocycles. The third-order valence-electron chi connectivity index (χ3n) is 2.48. The van der Waals surface area contributed by atoms with Gasteiger partial charge in [0, 0.05) is 12.8 Å². The number of hydrogen-bond donors (Lipinski definition) is 0. The second-order valence-corrected chi connectivity index (χ2v) is 3.49. The number of aldehydes is 1. The highest BCUT2D eigenvalue weighted by Gasteiger charge is 2.18. The fourth-order valence-electron chi connectivity index (χ4n) is 1.68. The summed E-state index contributed by atoms with van der Waals surface area (Å²) in [6.07, 6.45) is 10.7. The monoisotopic (exact) mass is 204 g/mol. The van der Waals surface area contributed by atoms with Crippen LogP contribution in [0, 0.1) is 12.3 Å². The van der Waals surface area contributed by atoms with Crippen LogP contribution in [0.1, 0.15) is 41.5 Å². The van der Waals surface area contributed by atoms with Gasteiger partial charge >= 0.3 is 0 Å². The van der Waals surface area contributed by atoms with E-state index in [1.807, 2.05) is 0 Å². The summed E-state index contributed by atoms with van der Waals surface area (Å²) < 4.78 is 7.19. The summed E-state index contributed by atoms with van der Waals surface area (Å²) in [7, 11) is 0. The van der Waals surface area contributed by atoms with Crippen molar-refractivity contribution >= 4 is 6.29 Å². The van der Waals surface area contributed by atoms with Gasteiger partial charge in [-0.25, -0.2) is 4.68 Å². The standard InChI is InChI=1S/C11H12N2O2/c1-2-9-7-13(12-10(9)8-14)11-5-3-4-6-15-11/h1,7-8,11H,3-6H2. The number of carbonyl (C=O) groups is 1. The molecule has 0 N–H and O–H groups in total. The normalized spacial score (nSPS) is 20.9. The van der Waals surface area contributed by atoms with Gasteiger partial charge in [0.25, 0.3) is 0 Å². The third kappa shape index (κ3) is 1.92. The minimum Gasteiger partial charge on any atom is -0.357 e. The summed E-state index contributed by atoms with van der Waals surface area (Å²) in [6, 6.07) is 0. The zero-order chi connectivity index (χ0) is 10.7. The summed E-state index contributed by atoms with van der Waals surface area (Å²) in [5, 5.41) is 4.10. The highest BCUT2D eigenvalue weighted by Crippen LogP contribution is 2.22. The first kappa shape index (κ1) is 9.94. The fourth-order valence-corrected chi connectivity index (χ4v) is 1.68. The Morgan fingerprint density at radius 3 is 3.07 bits per heavy atom. The minimum atomic E-state index is -0.0699. The van der Waals surface area contributed by atoms with Crippen molar-refractivity contribution in [2.75, 3.05) is 6.61 Å². The summed E-state index contributed by atoms with van der Waals surface area (Å²) in [5.41, 5.74) is 0.839. The molecule has 0 saturated carbocycles. The van der Waals surface area contributed by atoms with Crippen LogP contribution in [0.15, 0.2) is 6.20 Å². The van der Waals surface area contributed by atoms with Crippen LogP contribution in [0.3, 0.4) is 0 Å². The molecule has 1 atom stereocenters. The maximum absolute atomic E-state index is 10.7. The molecule has 0 bridgehead atoms. The van der Waals surface area contributed by atoms with Crippen molar-refractivity contribution in [2.45, 2.75) is 25.5 Å². The largest absolute Gasteiger partial charge is 0.357 e. The zero-order valence-electron chi connectivity index (χ0n) is 8.35. The maximum Gasteiger partial charge on any atom is 0.171 e. The van der Waals surface area contributed by atoms with E-state index in [2.05, 4.69) is 11.0 Å². The Morgan fingerprint density at radius 2 is 2.53 bits per heavy atom. The van der Waals surface area contributed by atoms with Gasteiger partial charge in [-0.05, 0) is 19.3 Å². The van der Waals surface area contributed by atoms with E-state index in [-0.39, 0.29) is 6.23 Å². The molecule has 0 spiro atoms. The number of hydrogen-bond acceptors (Lipinski definition) is 3. The van der Waals surface area contributed by atoms with Crippen LogP contribution >= 0.6 is 0 Å². The molecule has 1 aliphatic heterocycles. The molecule has 0 radical (unpaired) electrons. The molecular weight excluding hydrogens is 192 g/mol. The molecule has 1 aromatic heterocycles. The molecule has 4 nitrogen and oxygen atoms in total. The third-order valence-corrected chi connectivity index (χ3v) is 2.48. The first-order valence-corrected chi connectivity index (χ1v) is 4.97.